The first kappa shape index (κ1) is 23.1. The van der Waals surface area contributed by atoms with Crippen molar-refractivity contribution < 1.29 is 32.2 Å². The molecule has 4 rings (SSSR count). The Kier molecular flexibility index (Phi) is 6.37. The molecule has 2 aromatic heterocycles. The molecule has 2 aromatic carbocycles. The molecule has 1 amide bonds. The summed E-state index contributed by atoms with van der Waals surface area (Å²) in [5.74, 6) is -8.24. The Morgan fingerprint density at radius 2 is 1.76 bits per heavy atom. The largest absolute Gasteiger partial charge is 0.493 e. The van der Waals surface area contributed by atoms with Crippen LogP contribution in [-0.2, 0) is 0 Å². The standard InChI is InChI=1S/C23H17F4N3O4/c24-17-15(12-5-3-6-13(11-12)34-10-4-9-31)18(25)20(27)21(19(17)26)28-22(32)16-14-7-1-2-8-30(14)29-23(16)33/h1-3,5-8,11,31H,4,9-10H2,(H,28,32)(H,29,33). The predicted molar refractivity (Wildman–Crippen MR) is 115 cm³/mol. The van der Waals surface area contributed by atoms with Crippen molar-refractivity contribution in [1.82, 2.24) is 9.61 Å². The molecule has 4 aromatic rings. The third-order valence-electron chi connectivity index (χ3n) is 4.99. The predicted octanol–water partition coefficient (Wildman–Crippen LogP) is 3.86. The molecule has 176 valence electrons. The number of hydrogen-bond acceptors (Lipinski definition) is 4. The number of benzene rings is 2. The van der Waals surface area contributed by atoms with E-state index in [9.17, 15) is 27.2 Å². The molecule has 0 atom stereocenters. The highest BCUT2D eigenvalue weighted by molar-refractivity contribution is 6.08. The van der Waals surface area contributed by atoms with Gasteiger partial charge in [0.25, 0.3) is 11.5 Å². The molecule has 7 nitrogen and oxygen atoms in total. The van der Waals surface area contributed by atoms with Crippen LogP contribution in [0.2, 0.25) is 0 Å². The molecule has 0 radical (unpaired) electrons. The van der Waals surface area contributed by atoms with E-state index in [1.165, 1.54) is 47.1 Å². The minimum atomic E-state index is -1.84. The highest BCUT2D eigenvalue weighted by Crippen LogP contribution is 2.36. The van der Waals surface area contributed by atoms with Crippen LogP contribution in [0.3, 0.4) is 0 Å². The van der Waals surface area contributed by atoms with Crippen LogP contribution < -0.4 is 15.6 Å². The minimum absolute atomic E-state index is 0.0985. The quantitative estimate of drug-likeness (QED) is 0.215. The Morgan fingerprint density at radius 3 is 2.47 bits per heavy atom. The van der Waals surface area contributed by atoms with E-state index in [2.05, 4.69) is 5.10 Å². The van der Waals surface area contributed by atoms with Crippen molar-refractivity contribution in [3.8, 4) is 16.9 Å². The fraction of sp³-hybridized carbons (Fsp3) is 0.130. The number of H-pyrrole nitrogens is 1. The molecule has 0 aliphatic heterocycles. The van der Waals surface area contributed by atoms with Crippen molar-refractivity contribution in [2.75, 3.05) is 18.5 Å². The van der Waals surface area contributed by atoms with Gasteiger partial charge in [-0.1, -0.05) is 18.2 Å². The number of nitrogens with one attached hydrogen (secondary N) is 2. The number of ether oxygens (including phenoxy) is 1. The molecule has 3 N–H and O–H groups in total. The van der Waals surface area contributed by atoms with Gasteiger partial charge in [0, 0.05) is 19.2 Å². The number of rotatable bonds is 7. The number of anilines is 1. The Bertz CT molecular complexity index is 1420. The molecule has 0 saturated carbocycles. The second-order valence-electron chi connectivity index (χ2n) is 7.19. The number of fused-ring (bicyclic) bond motifs is 1. The average Bonchev–Trinajstić information content (AvgIpc) is 3.17. The number of carbonyl (C=O) groups excluding carboxylic acids is 1. The van der Waals surface area contributed by atoms with E-state index in [1.54, 1.807) is 11.4 Å². The van der Waals surface area contributed by atoms with Crippen LogP contribution in [0.5, 0.6) is 5.75 Å². The van der Waals surface area contributed by atoms with Crippen LogP contribution in [-0.4, -0.2) is 33.8 Å². The number of aromatic nitrogens is 2. The van der Waals surface area contributed by atoms with Crippen molar-refractivity contribution in [3.05, 3.63) is 87.8 Å². The summed E-state index contributed by atoms with van der Waals surface area (Å²) >= 11 is 0. The summed E-state index contributed by atoms with van der Waals surface area (Å²) in [6.07, 6.45) is 1.75. The molecule has 0 saturated heterocycles. The Labute approximate surface area is 189 Å². The van der Waals surface area contributed by atoms with Gasteiger partial charge < -0.3 is 15.2 Å². The third-order valence-corrected chi connectivity index (χ3v) is 4.99. The smallest absolute Gasteiger partial charge is 0.277 e. The first-order valence-corrected chi connectivity index (χ1v) is 10.0. The lowest BCUT2D eigenvalue weighted by atomic mass is 10.0. The first-order chi connectivity index (χ1) is 16.3. The van der Waals surface area contributed by atoms with Gasteiger partial charge in [0.1, 0.15) is 17.0 Å². The highest BCUT2D eigenvalue weighted by Gasteiger charge is 2.29. The number of carbonyl (C=O) groups is 1. The summed E-state index contributed by atoms with van der Waals surface area (Å²) < 4.78 is 65.9. The minimum Gasteiger partial charge on any atom is -0.493 e. The number of pyridine rings is 1. The van der Waals surface area contributed by atoms with Crippen LogP contribution in [0.4, 0.5) is 23.2 Å². The molecular weight excluding hydrogens is 458 g/mol. The summed E-state index contributed by atoms with van der Waals surface area (Å²) in [7, 11) is 0. The van der Waals surface area contributed by atoms with Gasteiger partial charge in [-0.3, -0.25) is 19.2 Å². The Morgan fingerprint density at radius 1 is 1.03 bits per heavy atom. The van der Waals surface area contributed by atoms with Crippen molar-refractivity contribution in [3.63, 3.8) is 0 Å². The second kappa shape index (κ2) is 9.40. The van der Waals surface area contributed by atoms with Gasteiger partial charge in [0.05, 0.1) is 17.7 Å². The number of aliphatic hydroxyl groups excluding tert-OH is 1. The molecule has 0 unspecified atom stereocenters. The molecule has 34 heavy (non-hydrogen) atoms. The molecule has 0 aliphatic rings. The van der Waals surface area contributed by atoms with Crippen molar-refractivity contribution >= 4 is 17.1 Å². The summed E-state index contributed by atoms with van der Waals surface area (Å²) in [4.78, 5) is 24.7. The molecule has 0 fully saturated rings. The summed E-state index contributed by atoms with van der Waals surface area (Å²) in [6.45, 7) is -0.00986. The van der Waals surface area contributed by atoms with Crippen LogP contribution in [0.25, 0.3) is 16.6 Å². The third kappa shape index (κ3) is 4.13. The van der Waals surface area contributed by atoms with Gasteiger partial charge in [-0.15, -0.1) is 0 Å². The maximum absolute atomic E-state index is 14.9. The van der Waals surface area contributed by atoms with Crippen molar-refractivity contribution in [2.24, 2.45) is 0 Å². The number of aromatic amines is 1. The van der Waals surface area contributed by atoms with E-state index in [-0.39, 0.29) is 30.0 Å². The van der Waals surface area contributed by atoms with E-state index in [0.717, 1.165) is 0 Å². The summed E-state index contributed by atoms with van der Waals surface area (Å²) in [6, 6.07) is 9.75. The first-order valence-electron chi connectivity index (χ1n) is 10.0. The van der Waals surface area contributed by atoms with Gasteiger partial charge in [0.15, 0.2) is 23.3 Å². The zero-order valence-corrected chi connectivity index (χ0v) is 17.4. The van der Waals surface area contributed by atoms with E-state index in [0.29, 0.717) is 6.42 Å². The highest BCUT2D eigenvalue weighted by atomic mass is 19.2. The number of nitrogens with zero attached hydrogens (tertiary/aromatic N) is 1. The summed E-state index contributed by atoms with van der Waals surface area (Å²) in [5, 5.41) is 12.9. The normalized spacial score (nSPS) is 11.1. The van der Waals surface area contributed by atoms with E-state index in [4.69, 9.17) is 9.84 Å². The van der Waals surface area contributed by atoms with E-state index in [1.807, 2.05) is 0 Å². The zero-order chi connectivity index (χ0) is 24.4. The number of aliphatic hydroxyl groups is 1. The van der Waals surface area contributed by atoms with Gasteiger partial charge in [-0.05, 0) is 29.8 Å². The van der Waals surface area contributed by atoms with Crippen molar-refractivity contribution in [1.29, 1.82) is 0 Å². The Balaban J connectivity index is 1.72. The average molecular weight is 475 g/mol. The lowest BCUT2D eigenvalue weighted by Crippen LogP contribution is -2.22. The van der Waals surface area contributed by atoms with Crippen LogP contribution in [0.15, 0.2) is 53.5 Å². The van der Waals surface area contributed by atoms with Gasteiger partial charge in [-0.25, -0.2) is 17.6 Å². The SMILES string of the molecule is O=C(Nc1c(F)c(F)c(-c2cccc(OCCCO)c2)c(F)c1F)c1c(=O)[nH]n2ccccc12. The monoisotopic (exact) mass is 475 g/mol. The number of hydrogen-bond donors (Lipinski definition) is 3. The zero-order valence-electron chi connectivity index (χ0n) is 17.4. The number of amides is 1. The lowest BCUT2D eigenvalue weighted by Gasteiger charge is -2.14. The van der Waals surface area contributed by atoms with Gasteiger partial charge >= 0.3 is 0 Å². The van der Waals surface area contributed by atoms with Crippen molar-refractivity contribution in [2.45, 2.75) is 6.42 Å². The molecule has 2 heterocycles. The van der Waals surface area contributed by atoms with E-state index < -0.39 is 51.5 Å². The fourth-order valence-corrected chi connectivity index (χ4v) is 3.41. The molecular formula is C23H17F4N3O4. The maximum Gasteiger partial charge on any atom is 0.277 e. The van der Waals surface area contributed by atoms with Crippen LogP contribution in [0.1, 0.15) is 16.8 Å². The second-order valence-corrected chi connectivity index (χ2v) is 7.19. The molecule has 0 aliphatic carbocycles. The van der Waals surface area contributed by atoms with E-state index >= 15 is 0 Å². The van der Waals surface area contributed by atoms with Gasteiger partial charge in [-0.2, -0.15) is 0 Å². The molecule has 11 heteroatoms. The fourth-order valence-electron chi connectivity index (χ4n) is 3.41. The molecule has 0 bridgehead atoms. The Hall–Kier alpha value is -4.12. The summed E-state index contributed by atoms with van der Waals surface area (Å²) in [5.41, 5.74) is -3.82. The van der Waals surface area contributed by atoms with Gasteiger partial charge in [0.2, 0.25) is 0 Å². The maximum atomic E-state index is 14.9. The van der Waals surface area contributed by atoms with Crippen LogP contribution in [0, 0.1) is 23.3 Å². The molecule has 0 spiro atoms. The van der Waals surface area contributed by atoms with Crippen LogP contribution >= 0.6 is 0 Å². The lowest BCUT2D eigenvalue weighted by molar-refractivity contribution is 0.102. The number of halogens is 4. The topological polar surface area (TPSA) is 95.8 Å².